The number of imidazole rings is 1. The highest BCUT2D eigenvalue weighted by Gasteiger charge is 2.37. The Hall–Kier alpha value is -3.40. The van der Waals surface area contributed by atoms with E-state index >= 15 is 0 Å². The Morgan fingerprint density at radius 1 is 1.05 bits per heavy atom. The average Bonchev–Trinajstić information content (AvgIpc) is 3.27. The van der Waals surface area contributed by atoms with Gasteiger partial charge in [0.1, 0.15) is 11.1 Å². The number of amides is 1. The van der Waals surface area contributed by atoms with E-state index in [1.807, 2.05) is 41.8 Å². The first-order valence-electron chi connectivity index (χ1n) is 13.0. The van der Waals surface area contributed by atoms with E-state index in [1.165, 1.54) is 13.4 Å². The molecule has 1 amide bonds. The van der Waals surface area contributed by atoms with Gasteiger partial charge < -0.3 is 14.4 Å². The van der Waals surface area contributed by atoms with Crippen LogP contribution in [0.15, 0.2) is 42.5 Å². The molecule has 2 heterocycles. The van der Waals surface area contributed by atoms with Crippen LogP contribution in [-0.2, 0) is 25.8 Å². The minimum atomic E-state index is -3.62. The number of carboxylic acids is 1. The van der Waals surface area contributed by atoms with Gasteiger partial charge in [-0.3, -0.25) is 9.69 Å². The fourth-order valence-corrected chi connectivity index (χ4v) is 7.36. The van der Waals surface area contributed by atoms with Crippen LogP contribution in [0.4, 0.5) is 10.5 Å². The van der Waals surface area contributed by atoms with Crippen LogP contribution in [0, 0.1) is 5.92 Å². The molecule has 1 aliphatic heterocycles. The van der Waals surface area contributed by atoms with Crippen LogP contribution >= 0.6 is 0 Å². The second-order valence-electron chi connectivity index (χ2n) is 10.5. The van der Waals surface area contributed by atoms with Gasteiger partial charge in [-0.25, -0.2) is 18.2 Å². The number of aliphatic carboxylic acids is 1. The Morgan fingerprint density at radius 3 is 2.34 bits per heavy atom. The molecule has 1 saturated carbocycles. The molecule has 0 unspecified atom stereocenters. The number of fused-ring (bicyclic) bond motifs is 3. The van der Waals surface area contributed by atoms with Gasteiger partial charge in [-0.05, 0) is 63.1 Å². The molecule has 38 heavy (non-hydrogen) atoms. The van der Waals surface area contributed by atoms with Crippen LogP contribution in [0.25, 0.3) is 11.0 Å². The minimum Gasteiger partial charge on any atom is -0.481 e. The van der Waals surface area contributed by atoms with Crippen molar-refractivity contribution >= 4 is 38.6 Å². The molecule has 1 fully saturated rings. The first kappa shape index (κ1) is 26.2. The number of methoxy groups -OCH3 is 1. The number of ether oxygens (including phenoxy) is 1. The third-order valence-electron chi connectivity index (χ3n) is 8.03. The average molecular weight is 540 g/mol. The Morgan fingerprint density at radius 2 is 1.74 bits per heavy atom. The third kappa shape index (κ3) is 4.55. The van der Waals surface area contributed by atoms with Crippen LogP contribution in [0.3, 0.4) is 0 Å². The summed E-state index contributed by atoms with van der Waals surface area (Å²) in [6.45, 7) is 1.98. The number of aromatic nitrogens is 2. The number of benzene rings is 2. The van der Waals surface area contributed by atoms with Crippen LogP contribution in [0.2, 0.25) is 0 Å². The number of hydrogen-bond acceptors (Lipinski definition) is 6. The number of carbonyl (C=O) groups is 2. The molecule has 1 aromatic heterocycles. The van der Waals surface area contributed by atoms with E-state index in [1.54, 1.807) is 17.0 Å². The molecule has 0 bridgehead atoms. The standard InChI is InChI=1S/C28H33N3O6S/c1-17-9-14-21-22(30(17)28(34)37-2)15-16-23-24(21)29-26(25(38(3,35)36)18-7-5-4-6-8-18)31(23)20-12-10-19(11-13-20)27(32)33/h4-8,15-17,19-20,25H,9-14H2,1-3H3,(H,32,33)/t17-,19?,20?,25+/m0/s1. The molecule has 10 heteroatoms. The maximum absolute atomic E-state index is 13.3. The van der Waals surface area contributed by atoms with Gasteiger partial charge in [0.15, 0.2) is 9.84 Å². The number of hydrogen-bond donors (Lipinski definition) is 1. The highest BCUT2D eigenvalue weighted by molar-refractivity contribution is 7.91. The molecule has 2 aliphatic rings. The van der Waals surface area contributed by atoms with Gasteiger partial charge in [0.2, 0.25) is 0 Å². The summed E-state index contributed by atoms with van der Waals surface area (Å²) in [7, 11) is -2.26. The Balaban J connectivity index is 1.74. The van der Waals surface area contributed by atoms with Gasteiger partial charge in [-0.1, -0.05) is 30.3 Å². The predicted octanol–water partition coefficient (Wildman–Crippen LogP) is 4.89. The van der Waals surface area contributed by atoms with E-state index in [4.69, 9.17) is 9.72 Å². The first-order valence-corrected chi connectivity index (χ1v) is 14.9. The van der Waals surface area contributed by atoms with Gasteiger partial charge in [-0.2, -0.15) is 0 Å². The van der Waals surface area contributed by atoms with Gasteiger partial charge in [0.05, 0.1) is 29.7 Å². The van der Waals surface area contributed by atoms with Crippen molar-refractivity contribution in [1.29, 1.82) is 0 Å². The van der Waals surface area contributed by atoms with Crippen LogP contribution < -0.4 is 4.90 Å². The third-order valence-corrected chi connectivity index (χ3v) is 9.37. The minimum absolute atomic E-state index is 0.0478. The molecule has 1 aliphatic carbocycles. The molecule has 202 valence electrons. The van der Waals surface area contributed by atoms with Crippen molar-refractivity contribution in [2.24, 2.45) is 5.92 Å². The molecule has 1 N–H and O–H groups in total. The molecule has 2 atom stereocenters. The maximum Gasteiger partial charge on any atom is 0.414 e. The predicted molar refractivity (Wildman–Crippen MR) is 144 cm³/mol. The monoisotopic (exact) mass is 539 g/mol. The lowest BCUT2D eigenvalue weighted by Crippen LogP contribution is -2.42. The lowest BCUT2D eigenvalue weighted by Gasteiger charge is -2.34. The number of carbonyl (C=O) groups excluding carboxylic acids is 1. The van der Waals surface area contributed by atoms with Crippen molar-refractivity contribution in [2.45, 2.75) is 62.8 Å². The smallest absolute Gasteiger partial charge is 0.414 e. The van der Waals surface area contributed by atoms with Crippen LogP contribution in [0.1, 0.15) is 67.3 Å². The van der Waals surface area contributed by atoms with Crippen molar-refractivity contribution in [2.75, 3.05) is 18.3 Å². The highest BCUT2D eigenvalue weighted by Crippen LogP contribution is 2.43. The van der Waals surface area contributed by atoms with Crippen LogP contribution in [0.5, 0.6) is 0 Å². The lowest BCUT2D eigenvalue weighted by atomic mass is 9.85. The fraction of sp³-hybridized carbons (Fsp3) is 0.464. The fourth-order valence-electron chi connectivity index (χ4n) is 6.16. The van der Waals surface area contributed by atoms with E-state index < -0.39 is 33.1 Å². The Kier molecular flexibility index (Phi) is 6.94. The van der Waals surface area contributed by atoms with Crippen molar-refractivity contribution in [3.8, 4) is 0 Å². The van der Waals surface area contributed by atoms with Crippen molar-refractivity contribution in [1.82, 2.24) is 9.55 Å². The zero-order chi connectivity index (χ0) is 27.2. The molecule has 2 aromatic carbocycles. The number of aryl methyl sites for hydroxylation is 1. The number of rotatable bonds is 5. The second-order valence-corrected chi connectivity index (χ2v) is 12.6. The van der Waals surface area contributed by atoms with Gasteiger partial charge >= 0.3 is 12.1 Å². The summed E-state index contributed by atoms with van der Waals surface area (Å²) in [5.41, 5.74) is 3.74. The van der Waals surface area contributed by atoms with E-state index in [0.29, 0.717) is 49.0 Å². The van der Waals surface area contributed by atoms with Crippen molar-refractivity contribution in [3.05, 3.63) is 59.4 Å². The van der Waals surface area contributed by atoms with E-state index in [-0.39, 0.29) is 12.1 Å². The number of anilines is 1. The summed E-state index contributed by atoms with van der Waals surface area (Å²) in [6, 6.07) is 12.7. The summed E-state index contributed by atoms with van der Waals surface area (Å²) < 4.78 is 33.7. The Bertz CT molecular complexity index is 1480. The van der Waals surface area contributed by atoms with Crippen molar-refractivity contribution < 1.29 is 27.9 Å². The van der Waals surface area contributed by atoms with E-state index in [2.05, 4.69) is 0 Å². The topological polar surface area (TPSA) is 119 Å². The molecule has 0 saturated heterocycles. The zero-order valence-electron chi connectivity index (χ0n) is 21.8. The summed E-state index contributed by atoms with van der Waals surface area (Å²) in [6.07, 6.45) is 4.47. The summed E-state index contributed by atoms with van der Waals surface area (Å²) in [5.74, 6) is -0.750. The second kappa shape index (κ2) is 10.1. The van der Waals surface area contributed by atoms with E-state index in [0.717, 1.165) is 23.2 Å². The largest absolute Gasteiger partial charge is 0.481 e. The first-order chi connectivity index (χ1) is 18.1. The normalized spacial score (nSPS) is 22.6. The molecule has 5 rings (SSSR count). The van der Waals surface area contributed by atoms with Crippen LogP contribution in [-0.4, -0.2) is 54.5 Å². The molecular weight excluding hydrogens is 506 g/mol. The summed E-state index contributed by atoms with van der Waals surface area (Å²) in [5, 5.41) is 8.54. The van der Waals surface area contributed by atoms with Gasteiger partial charge in [0, 0.05) is 23.9 Å². The number of nitrogens with zero attached hydrogens (tertiary/aromatic N) is 3. The molecule has 9 nitrogen and oxygen atoms in total. The molecule has 3 aromatic rings. The highest BCUT2D eigenvalue weighted by atomic mass is 32.2. The number of sulfone groups is 1. The van der Waals surface area contributed by atoms with E-state index in [9.17, 15) is 23.1 Å². The maximum atomic E-state index is 13.3. The number of carboxylic acid groups (broad SMARTS) is 1. The molecular formula is C28H33N3O6S. The molecule has 0 spiro atoms. The lowest BCUT2D eigenvalue weighted by molar-refractivity contribution is -0.143. The SMILES string of the molecule is COC(=O)N1c2ccc3c(nc([C@@H](c4ccccc4)S(C)(=O)=O)n3C3CCC(C(=O)O)CC3)c2CC[C@@H]1C. The summed E-state index contributed by atoms with van der Waals surface area (Å²) >= 11 is 0. The summed E-state index contributed by atoms with van der Waals surface area (Å²) in [4.78, 5) is 30.9. The van der Waals surface area contributed by atoms with Gasteiger partial charge in [0.25, 0.3) is 0 Å². The van der Waals surface area contributed by atoms with Gasteiger partial charge in [-0.15, -0.1) is 0 Å². The van der Waals surface area contributed by atoms with Crippen molar-refractivity contribution in [3.63, 3.8) is 0 Å². The quantitative estimate of drug-likeness (QED) is 0.490. The zero-order valence-corrected chi connectivity index (χ0v) is 22.6. The Labute approximate surface area is 222 Å². The molecule has 0 radical (unpaired) electrons.